The molecule has 0 saturated heterocycles. The molecule has 4 nitrogen and oxygen atoms in total. The predicted octanol–water partition coefficient (Wildman–Crippen LogP) is 7.47. The maximum absolute atomic E-state index is 13.1. The first-order valence-electron chi connectivity index (χ1n) is 12.6. The Morgan fingerprint density at radius 3 is 2.32 bits per heavy atom. The van der Waals surface area contributed by atoms with Crippen molar-refractivity contribution in [3.63, 3.8) is 0 Å². The number of methoxy groups -OCH3 is 1. The molecule has 4 aromatic carbocycles. The number of hydrogen-bond donors (Lipinski definition) is 1. The standard InChI is InChI=1S/C33H32N2O2/c1-22-24(3)35(21-25-13-15-27(16-14-25)26-9-6-5-7-10-26)32-18-17-29(20-31(22)32)33(36)34-23(2)28-11-8-12-30(19-28)37-4/h5-20,23H,21H2,1-4H3,(H,34,36)/t23-/m1/s1. The average molecular weight is 489 g/mol. The molecule has 5 rings (SSSR count). The highest BCUT2D eigenvalue weighted by molar-refractivity contribution is 5.99. The predicted molar refractivity (Wildman–Crippen MR) is 151 cm³/mol. The minimum atomic E-state index is -0.135. The smallest absolute Gasteiger partial charge is 0.251 e. The maximum Gasteiger partial charge on any atom is 0.251 e. The molecule has 5 aromatic rings. The second-order valence-electron chi connectivity index (χ2n) is 9.56. The molecule has 1 N–H and O–H groups in total. The Morgan fingerprint density at radius 1 is 0.865 bits per heavy atom. The van der Waals surface area contributed by atoms with Crippen LogP contribution in [0.25, 0.3) is 22.0 Å². The van der Waals surface area contributed by atoms with Crippen LogP contribution in [0.2, 0.25) is 0 Å². The number of carbonyl (C=O) groups is 1. The Hall–Kier alpha value is -4.31. The molecular formula is C33H32N2O2. The lowest BCUT2D eigenvalue weighted by Crippen LogP contribution is -2.26. The number of aromatic nitrogens is 1. The summed E-state index contributed by atoms with van der Waals surface area (Å²) in [6, 6.07) is 32.9. The van der Waals surface area contributed by atoms with E-state index in [0.29, 0.717) is 5.56 Å². The van der Waals surface area contributed by atoms with E-state index in [4.69, 9.17) is 4.74 Å². The van der Waals surface area contributed by atoms with Crippen LogP contribution >= 0.6 is 0 Å². The van der Waals surface area contributed by atoms with Gasteiger partial charge in [0.15, 0.2) is 0 Å². The largest absolute Gasteiger partial charge is 0.497 e. The fourth-order valence-electron chi connectivity index (χ4n) is 4.88. The highest BCUT2D eigenvalue weighted by atomic mass is 16.5. The molecule has 1 amide bonds. The number of rotatable bonds is 7. The van der Waals surface area contributed by atoms with Crippen LogP contribution in [0.5, 0.6) is 5.75 Å². The van der Waals surface area contributed by atoms with Crippen LogP contribution < -0.4 is 10.1 Å². The number of nitrogens with zero attached hydrogens (tertiary/aromatic N) is 1. The minimum Gasteiger partial charge on any atom is -0.497 e. The van der Waals surface area contributed by atoms with Crippen molar-refractivity contribution in [3.8, 4) is 16.9 Å². The highest BCUT2D eigenvalue weighted by Gasteiger charge is 2.16. The summed E-state index contributed by atoms with van der Waals surface area (Å²) in [5.41, 5.74) is 8.90. The molecule has 186 valence electrons. The average Bonchev–Trinajstić information content (AvgIpc) is 3.18. The molecule has 0 bridgehead atoms. The Balaban J connectivity index is 1.37. The number of fused-ring (bicyclic) bond motifs is 1. The van der Waals surface area contributed by atoms with Crippen molar-refractivity contribution >= 4 is 16.8 Å². The van der Waals surface area contributed by atoms with Gasteiger partial charge in [0.2, 0.25) is 0 Å². The lowest BCUT2D eigenvalue weighted by atomic mass is 10.0. The molecule has 37 heavy (non-hydrogen) atoms. The molecule has 4 heteroatoms. The van der Waals surface area contributed by atoms with Gasteiger partial charge in [0.1, 0.15) is 5.75 Å². The number of hydrogen-bond acceptors (Lipinski definition) is 2. The van der Waals surface area contributed by atoms with Crippen molar-refractivity contribution in [3.05, 3.63) is 125 Å². The summed E-state index contributed by atoms with van der Waals surface area (Å²) in [7, 11) is 1.65. The lowest BCUT2D eigenvalue weighted by Gasteiger charge is -2.15. The van der Waals surface area contributed by atoms with Gasteiger partial charge in [-0.25, -0.2) is 0 Å². The molecule has 0 saturated carbocycles. The van der Waals surface area contributed by atoms with E-state index in [0.717, 1.165) is 28.8 Å². The van der Waals surface area contributed by atoms with Crippen LogP contribution in [0.4, 0.5) is 0 Å². The normalized spacial score (nSPS) is 11.9. The second kappa shape index (κ2) is 10.4. The van der Waals surface area contributed by atoms with Gasteiger partial charge >= 0.3 is 0 Å². The van der Waals surface area contributed by atoms with Gasteiger partial charge in [-0.15, -0.1) is 0 Å². The van der Waals surface area contributed by atoms with E-state index in [9.17, 15) is 4.79 Å². The van der Waals surface area contributed by atoms with Gasteiger partial charge in [-0.2, -0.15) is 0 Å². The van der Waals surface area contributed by atoms with Gasteiger partial charge in [-0.3, -0.25) is 4.79 Å². The maximum atomic E-state index is 13.1. The van der Waals surface area contributed by atoms with Crippen LogP contribution in [-0.2, 0) is 6.54 Å². The quantitative estimate of drug-likeness (QED) is 0.258. The molecule has 0 unspecified atom stereocenters. The van der Waals surface area contributed by atoms with E-state index in [2.05, 4.69) is 78.3 Å². The number of nitrogens with one attached hydrogen (secondary N) is 1. The molecule has 1 aromatic heterocycles. The number of ether oxygens (including phenoxy) is 1. The molecule has 1 heterocycles. The summed E-state index contributed by atoms with van der Waals surface area (Å²) in [6.07, 6.45) is 0. The fourth-order valence-corrected chi connectivity index (χ4v) is 4.88. The second-order valence-corrected chi connectivity index (χ2v) is 9.56. The van der Waals surface area contributed by atoms with Crippen molar-refractivity contribution in [2.24, 2.45) is 0 Å². The van der Waals surface area contributed by atoms with E-state index in [1.165, 1.54) is 27.9 Å². The third-order valence-corrected chi connectivity index (χ3v) is 7.24. The molecule has 0 spiro atoms. The number of aryl methyl sites for hydroxylation is 1. The summed E-state index contributed by atoms with van der Waals surface area (Å²) < 4.78 is 7.66. The number of carbonyl (C=O) groups excluding carboxylic acids is 1. The van der Waals surface area contributed by atoms with Gasteiger partial charge in [0, 0.05) is 28.7 Å². The van der Waals surface area contributed by atoms with Gasteiger partial charge < -0.3 is 14.6 Å². The number of amides is 1. The van der Waals surface area contributed by atoms with Gasteiger partial charge in [0.05, 0.1) is 13.2 Å². The first-order valence-corrected chi connectivity index (χ1v) is 12.6. The van der Waals surface area contributed by atoms with Crippen LogP contribution in [0.1, 0.15) is 45.7 Å². The van der Waals surface area contributed by atoms with Crippen molar-refractivity contribution in [2.45, 2.75) is 33.4 Å². The fraction of sp³-hybridized carbons (Fsp3) is 0.182. The van der Waals surface area contributed by atoms with E-state index < -0.39 is 0 Å². The Bertz CT molecular complexity index is 1550. The third-order valence-electron chi connectivity index (χ3n) is 7.24. The first-order chi connectivity index (χ1) is 17.9. The van der Waals surface area contributed by atoms with Crippen molar-refractivity contribution < 1.29 is 9.53 Å². The summed E-state index contributed by atoms with van der Waals surface area (Å²) in [5.74, 6) is 0.695. The summed E-state index contributed by atoms with van der Waals surface area (Å²) in [5, 5.41) is 4.24. The number of benzene rings is 4. The summed E-state index contributed by atoms with van der Waals surface area (Å²) in [4.78, 5) is 13.1. The van der Waals surface area contributed by atoms with Gasteiger partial charge in [-0.1, -0.05) is 66.7 Å². The van der Waals surface area contributed by atoms with Crippen LogP contribution in [0, 0.1) is 13.8 Å². The van der Waals surface area contributed by atoms with Gasteiger partial charge in [-0.05, 0) is 78.9 Å². The van der Waals surface area contributed by atoms with Crippen molar-refractivity contribution in [1.82, 2.24) is 9.88 Å². The van der Waals surface area contributed by atoms with Crippen LogP contribution in [-0.4, -0.2) is 17.6 Å². The van der Waals surface area contributed by atoms with E-state index in [1.54, 1.807) is 7.11 Å². The van der Waals surface area contributed by atoms with Crippen molar-refractivity contribution in [2.75, 3.05) is 7.11 Å². The SMILES string of the molecule is COc1cccc([C@@H](C)NC(=O)c2ccc3c(c2)c(C)c(C)n3Cc2ccc(-c3ccccc3)cc2)c1. The molecule has 0 aliphatic rings. The zero-order chi connectivity index (χ0) is 25.9. The Morgan fingerprint density at radius 2 is 1.59 bits per heavy atom. The third kappa shape index (κ3) is 5.01. The first kappa shape index (κ1) is 24.4. The van der Waals surface area contributed by atoms with E-state index in [1.807, 2.05) is 49.4 Å². The molecule has 0 fully saturated rings. The Kier molecular flexibility index (Phi) is 6.82. The van der Waals surface area contributed by atoms with E-state index >= 15 is 0 Å². The highest BCUT2D eigenvalue weighted by Crippen LogP contribution is 2.28. The molecule has 0 aliphatic carbocycles. The summed E-state index contributed by atoms with van der Waals surface area (Å²) in [6.45, 7) is 7.05. The topological polar surface area (TPSA) is 43.3 Å². The molecule has 0 radical (unpaired) electrons. The minimum absolute atomic E-state index is 0.0847. The van der Waals surface area contributed by atoms with Crippen molar-refractivity contribution in [1.29, 1.82) is 0 Å². The van der Waals surface area contributed by atoms with E-state index in [-0.39, 0.29) is 11.9 Å². The van der Waals surface area contributed by atoms with Crippen LogP contribution in [0.15, 0.2) is 97.1 Å². The van der Waals surface area contributed by atoms with Gasteiger partial charge in [0.25, 0.3) is 5.91 Å². The van der Waals surface area contributed by atoms with Crippen LogP contribution in [0.3, 0.4) is 0 Å². The molecule has 0 aliphatic heterocycles. The monoisotopic (exact) mass is 488 g/mol. The molecular weight excluding hydrogens is 456 g/mol. The zero-order valence-corrected chi connectivity index (χ0v) is 21.8. The Labute approximate surface area is 218 Å². The molecule has 1 atom stereocenters. The lowest BCUT2D eigenvalue weighted by molar-refractivity contribution is 0.0940. The zero-order valence-electron chi connectivity index (χ0n) is 21.8. The summed E-state index contributed by atoms with van der Waals surface area (Å²) >= 11 is 0.